The molecule has 1 aromatic carbocycles. The molecule has 2 rings (SSSR count). The van der Waals surface area contributed by atoms with Gasteiger partial charge in [-0.2, -0.15) is 0 Å². The number of benzene rings is 1. The van der Waals surface area contributed by atoms with Gasteiger partial charge in [-0.1, -0.05) is 18.2 Å². The van der Waals surface area contributed by atoms with Crippen molar-refractivity contribution < 1.29 is 13.5 Å². The normalized spacial score (nSPS) is 11.2. The van der Waals surface area contributed by atoms with Gasteiger partial charge in [-0.25, -0.2) is 8.42 Å². The summed E-state index contributed by atoms with van der Waals surface area (Å²) in [6.45, 7) is 1.71. The summed E-state index contributed by atoms with van der Waals surface area (Å²) in [5, 5.41) is 9.81. The number of sulfonamides is 1. The summed E-state index contributed by atoms with van der Waals surface area (Å²) < 4.78 is 26.4. The van der Waals surface area contributed by atoms with Gasteiger partial charge in [0, 0.05) is 18.3 Å². The van der Waals surface area contributed by atoms with E-state index < -0.39 is 10.0 Å². The zero-order valence-corrected chi connectivity index (χ0v) is 11.9. The molecule has 0 saturated heterocycles. The summed E-state index contributed by atoms with van der Waals surface area (Å²) in [5.74, 6) is -0.133. The first-order valence-electron chi connectivity index (χ1n) is 6.17. The number of aromatic nitrogens is 1. The number of nitrogens with zero attached hydrogens (tertiary/aromatic N) is 1. The third kappa shape index (κ3) is 3.71. The van der Waals surface area contributed by atoms with Crippen LogP contribution >= 0.6 is 0 Å². The third-order valence-electron chi connectivity index (χ3n) is 2.86. The third-order valence-corrected chi connectivity index (χ3v) is 4.13. The number of phenolic OH excluding ortho intramolecular Hbond substituents is 1. The Bertz CT molecular complexity index is 685. The lowest BCUT2D eigenvalue weighted by Crippen LogP contribution is -2.18. The van der Waals surface area contributed by atoms with Crippen molar-refractivity contribution in [3.05, 3.63) is 53.9 Å². The van der Waals surface area contributed by atoms with E-state index >= 15 is 0 Å². The Morgan fingerprint density at radius 3 is 2.70 bits per heavy atom. The molecule has 5 nitrogen and oxygen atoms in total. The van der Waals surface area contributed by atoms with Gasteiger partial charge in [0.05, 0.1) is 11.4 Å². The van der Waals surface area contributed by atoms with Crippen LogP contribution in [0.3, 0.4) is 0 Å². The van der Waals surface area contributed by atoms with Crippen molar-refractivity contribution in [1.82, 2.24) is 4.98 Å². The monoisotopic (exact) mass is 292 g/mol. The van der Waals surface area contributed by atoms with Crippen molar-refractivity contribution in [3.8, 4) is 5.75 Å². The first-order valence-corrected chi connectivity index (χ1v) is 7.82. The van der Waals surface area contributed by atoms with Crippen LogP contribution in [0.4, 0.5) is 5.69 Å². The van der Waals surface area contributed by atoms with Gasteiger partial charge in [-0.3, -0.25) is 9.71 Å². The van der Waals surface area contributed by atoms with Crippen LogP contribution < -0.4 is 4.72 Å². The van der Waals surface area contributed by atoms with Gasteiger partial charge in [0.15, 0.2) is 0 Å². The fourth-order valence-electron chi connectivity index (χ4n) is 1.74. The first-order chi connectivity index (χ1) is 9.48. The maximum absolute atomic E-state index is 12.0. The molecule has 0 amide bonds. The molecule has 106 valence electrons. The van der Waals surface area contributed by atoms with Gasteiger partial charge in [0.1, 0.15) is 5.75 Å². The zero-order chi connectivity index (χ0) is 14.6. The summed E-state index contributed by atoms with van der Waals surface area (Å²) in [6.07, 6.45) is 1.95. The Kier molecular flexibility index (Phi) is 4.24. The molecule has 0 aliphatic heterocycles. The molecule has 2 aromatic rings. The molecule has 0 aliphatic carbocycles. The van der Waals surface area contributed by atoms with Gasteiger partial charge >= 0.3 is 0 Å². The molecule has 0 fully saturated rings. The van der Waals surface area contributed by atoms with Crippen LogP contribution in [0, 0.1) is 6.92 Å². The molecule has 0 aliphatic rings. The van der Waals surface area contributed by atoms with E-state index in [4.69, 9.17) is 0 Å². The van der Waals surface area contributed by atoms with Crippen LogP contribution in [0.15, 0.2) is 42.6 Å². The number of rotatable bonds is 5. The first kappa shape index (κ1) is 14.3. The fraction of sp³-hybridized carbons (Fsp3) is 0.214. The van der Waals surface area contributed by atoms with Crippen LogP contribution in [0.25, 0.3) is 0 Å². The molecule has 0 radical (unpaired) electrons. The maximum Gasteiger partial charge on any atom is 0.233 e. The number of hydrogen-bond donors (Lipinski definition) is 2. The standard InChI is InChI=1S/C14H16N2O3S/c1-11-5-4-7-13(14(11)17)16-20(18,19)10-8-12-6-2-3-9-15-12/h2-7,9,16-17H,8,10H2,1H3. The van der Waals surface area contributed by atoms with Gasteiger partial charge in [-0.15, -0.1) is 0 Å². The lowest BCUT2D eigenvalue weighted by atomic mass is 10.2. The summed E-state index contributed by atoms with van der Waals surface area (Å²) in [7, 11) is -3.52. The van der Waals surface area contributed by atoms with E-state index in [2.05, 4.69) is 9.71 Å². The maximum atomic E-state index is 12.0. The molecule has 6 heteroatoms. The molecular weight excluding hydrogens is 276 g/mol. The number of phenols is 1. The number of aryl methyl sites for hydroxylation is 2. The van der Waals surface area contributed by atoms with Crippen LogP contribution in [0.5, 0.6) is 5.75 Å². The number of aromatic hydroxyl groups is 1. The molecule has 2 N–H and O–H groups in total. The smallest absolute Gasteiger partial charge is 0.233 e. The minimum absolute atomic E-state index is 0.0473. The van der Waals surface area contributed by atoms with E-state index in [1.807, 2.05) is 6.07 Å². The second kappa shape index (κ2) is 5.92. The molecule has 1 heterocycles. The van der Waals surface area contributed by atoms with E-state index in [1.54, 1.807) is 37.4 Å². The van der Waals surface area contributed by atoms with E-state index in [0.29, 0.717) is 17.7 Å². The number of pyridine rings is 1. The minimum atomic E-state index is -3.52. The molecule has 0 spiro atoms. The SMILES string of the molecule is Cc1cccc(NS(=O)(=O)CCc2ccccn2)c1O. The van der Waals surface area contributed by atoms with E-state index in [9.17, 15) is 13.5 Å². The Labute approximate surface area is 118 Å². The lowest BCUT2D eigenvalue weighted by Gasteiger charge is -2.10. The van der Waals surface area contributed by atoms with Gasteiger partial charge in [-0.05, 0) is 30.7 Å². The molecule has 0 atom stereocenters. The van der Waals surface area contributed by atoms with E-state index in [1.165, 1.54) is 6.07 Å². The minimum Gasteiger partial charge on any atom is -0.505 e. The molecule has 20 heavy (non-hydrogen) atoms. The largest absolute Gasteiger partial charge is 0.505 e. The average Bonchev–Trinajstić information content (AvgIpc) is 2.43. The number of nitrogens with one attached hydrogen (secondary N) is 1. The fourth-order valence-corrected chi connectivity index (χ4v) is 2.82. The summed E-state index contributed by atoms with van der Waals surface area (Å²) in [5.41, 5.74) is 1.53. The number of para-hydroxylation sites is 1. The molecule has 0 bridgehead atoms. The van der Waals surface area contributed by atoms with Gasteiger partial charge < -0.3 is 5.11 Å². The molecule has 0 unspecified atom stereocenters. The highest BCUT2D eigenvalue weighted by Crippen LogP contribution is 2.27. The van der Waals surface area contributed by atoms with E-state index in [0.717, 1.165) is 0 Å². The van der Waals surface area contributed by atoms with Gasteiger partial charge in [0.25, 0.3) is 0 Å². The highest BCUT2D eigenvalue weighted by atomic mass is 32.2. The van der Waals surface area contributed by atoms with Crippen LogP contribution in [0.1, 0.15) is 11.3 Å². The topological polar surface area (TPSA) is 79.3 Å². The van der Waals surface area contributed by atoms with Crippen LogP contribution in [0.2, 0.25) is 0 Å². The van der Waals surface area contributed by atoms with Crippen molar-refractivity contribution in [2.45, 2.75) is 13.3 Å². The number of anilines is 1. The lowest BCUT2D eigenvalue weighted by molar-refractivity contribution is 0.473. The predicted octanol–water partition coefficient (Wildman–Crippen LogP) is 2.08. The molecule has 1 aromatic heterocycles. The van der Waals surface area contributed by atoms with Crippen molar-refractivity contribution in [2.24, 2.45) is 0 Å². The predicted molar refractivity (Wildman–Crippen MR) is 78.2 cm³/mol. The molecule has 0 saturated carbocycles. The summed E-state index contributed by atoms with van der Waals surface area (Å²) in [4.78, 5) is 4.08. The van der Waals surface area contributed by atoms with Crippen molar-refractivity contribution >= 4 is 15.7 Å². The van der Waals surface area contributed by atoms with Crippen LogP contribution in [-0.2, 0) is 16.4 Å². The van der Waals surface area contributed by atoms with Crippen LogP contribution in [-0.4, -0.2) is 24.3 Å². The van der Waals surface area contributed by atoms with E-state index in [-0.39, 0.29) is 17.2 Å². The Balaban J connectivity index is 2.06. The highest BCUT2D eigenvalue weighted by Gasteiger charge is 2.14. The quantitative estimate of drug-likeness (QED) is 0.827. The zero-order valence-electron chi connectivity index (χ0n) is 11.1. The Morgan fingerprint density at radius 1 is 1.20 bits per heavy atom. The Hall–Kier alpha value is -2.08. The van der Waals surface area contributed by atoms with Gasteiger partial charge in [0.2, 0.25) is 10.0 Å². The number of hydrogen-bond acceptors (Lipinski definition) is 4. The van der Waals surface area contributed by atoms with Crippen molar-refractivity contribution in [1.29, 1.82) is 0 Å². The second-order valence-corrected chi connectivity index (χ2v) is 6.30. The average molecular weight is 292 g/mol. The van der Waals surface area contributed by atoms with Crippen molar-refractivity contribution in [2.75, 3.05) is 10.5 Å². The Morgan fingerprint density at radius 2 is 2.00 bits per heavy atom. The second-order valence-electron chi connectivity index (χ2n) is 4.46. The molecular formula is C14H16N2O3S. The summed E-state index contributed by atoms with van der Waals surface area (Å²) in [6, 6.07) is 10.3. The highest BCUT2D eigenvalue weighted by molar-refractivity contribution is 7.92. The van der Waals surface area contributed by atoms with Crippen molar-refractivity contribution in [3.63, 3.8) is 0 Å². The summed E-state index contributed by atoms with van der Waals surface area (Å²) >= 11 is 0.